The number of halogens is 1. The molecule has 0 saturated carbocycles. The zero-order valence-corrected chi connectivity index (χ0v) is 12.1. The molecular formula is C15H16ClN3O. The van der Waals surface area contributed by atoms with E-state index in [2.05, 4.69) is 21.5 Å². The molecule has 0 aliphatic rings. The summed E-state index contributed by atoms with van der Waals surface area (Å²) in [5, 5.41) is 11.0. The van der Waals surface area contributed by atoms with Crippen molar-refractivity contribution in [2.45, 2.75) is 32.9 Å². The third-order valence-corrected chi connectivity index (χ3v) is 3.76. The second kappa shape index (κ2) is 5.38. The number of para-hydroxylation sites is 1. The van der Waals surface area contributed by atoms with Crippen LogP contribution in [0.25, 0.3) is 21.9 Å². The summed E-state index contributed by atoms with van der Waals surface area (Å²) in [4.78, 5) is 8.83. The minimum Gasteiger partial charge on any atom is -0.388 e. The number of hydrogen-bond donors (Lipinski definition) is 1. The SMILES string of the molecule is CCCCn1c(CO)nc2c(Cl)nc3ccccc3c21. The molecule has 20 heavy (non-hydrogen) atoms. The Hall–Kier alpha value is -1.65. The van der Waals surface area contributed by atoms with Gasteiger partial charge in [-0.25, -0.2) is 9.97 Å². The van der Waals surface area contributed by atoms with Crippen LogP contribution < -0.4 is 0 Å². The highest BCUT2D eigenvalue weighted by Gasteiger charge is 2.16. The van der Waals surface area contributed by atoms with Crippen LogP contribution in [0, 0.1) is 0 Å². The topological polar surface area (TPSA) is 50.9 Å². The molecule has 0 aliphatic heterocycles. The van der Waals surface area contributed by atoms with Crippen LogP contribution in [0.5, 0.6) is 0 Å². The van der Waals surface area contributed by atoms with Crippen LogP contribution in [0.2, 0.25) is 5.15 Å². The van der Waals surface area contributed by atoms with E-state index < -0.39 is 0 Å². The summed E-state index contributed by atoms with van der Waals surface area (Å²) in [6.07, 6.45) is 2.12. The average molecular weight is 290 g/mol. The van der Waals surface area contributed by atoms with Gasteiger partial charge in [-0.3, -0.25) is 0 Å². The Kier molecular flexibility index (Phi) is 3.59. The lowest BCUT2D eigenvalue weighted by atomic mass is 10.2. The molecule has 0 aliphatic carbocycles. The summed E-state index contributed by atoms with van der Waals surface area (Å²) in [7, 11) is 0. The molecule has 5 heteroatoms. The van der Waals surface area contributed by atoms with Gasteiger partial charge in [0.25, 0.3) is 0 Å². The fraction of sp³-hybridized carbons (Fsp3) is 0.333. The fourth-order valence-electron chi connectivity index (χ4n) is 2.52. The van der Waals surface area contributed by atoms with Gasteiger partial charge >= 0.3 is 0 Å². The van der Waals surface area contributed by atoms with Gasteiger partial charge in [-0.15, -0.1) is 0 Å². The van der Waals surface area contributed by atoms with Crippen molar-refractivity contribution in [1.82, 2.24) is 14.5 Å². The molecule has 1 N–H and O–H groups in total. The number of aromatic nitrogens is 3. The Labute approximate surface area is 122 Å². The molecular weight excluding hydrogens is 274 g/mol. The predicted octanol–water partition coefficient (Wildman–Crippen LogP) is 3.53. The van der Waals surface area contributed by atoms with Crippen molar-refractivity contribution in [2.24, 2.45) is 0 Å². The highest BCUT2D eigenvalue weighted by Crippen LogP contribution is 2.30. The largest absolute Gasteiger partial charge is 0.388 e. The molecule has 0 spiro atoms. The quantitative estimate of drug-likeness (QED) is 0.748. The van der Waals surface area contributed by atoms with Crippen LogP contribution in [-0.4, -0.2) is 19.6 Å². The van der Waals surface area contributed by atoms with Crippen molar-refractivity contribution in [2.75, 3.05) is 0 Å². The number of aliphatic hydroxyl groups excluding tert-OH is 1. The molecule has 104 valence electrons. The lowest BCUT2D eigenvalue weighted by Gasteiger charge is -2.08. The highest BCUT2D eigenvalue weighted by molar-refractivity contribution is 6.35. The number of imidazole rings is 1. The molecule has 2 aromatic heterocycles. The zero-order valence-electron chi connectivity index (χ0n) is 11.3. The minimum absolute atomic E-state index is 0.0942. The van der Waals surface area contributed by atoms with Crippen molar-refractivity contribution >= 4 is 33.5 Å². The van der Waals surface area contributed by atoms with Crippen LogP contribution in [0.3, 0.4) is 0 Å². The van der Waals surface area contributed by atoms with Crippen LogP contribution in [0.4, 0.5) is 0 Å². The van der Waals surface area contributed by atoms with E-state index in [4.69, 9.17) is 11.6 Å². The number of unbranched alkanes of at least 4 members (excludes halogenated alkanes) is 1. The first kappa shape index (κ1) is 13.3. The number of fused-ring (bicyclic) bond motifs is 3. The molecule has 1 aromatic carbocycles. The third-order valence-electron chi connectivity index (χ3n) is 3.50. The Morgan fingerprint density at radius 1 is 1.25 bits per heavy atom. The van der Waals surface area contributed by atoms with E-state index in [0.29, 0.717) is 16.5 Å². The fourth-order valence-corrected chi connectivity index (χ4v) is 2.75. The maximum absolute atomic E-state index is 9.53. The van der Waals surface area contributed by atoms with Crippen LogP contribution in [0.15, 0.2) is 24.3 Å². The lowest BCUT2D eigenvalue weighted by Crippen LogP contribution is -2.04. The van der Waals surface area contributed by atoms with Gasteiger partial charge < -0.3 is 9.67 Å². The first-order valence-electron chi connectivity index (χ1n) is 6.80. The molecule has 0 unspecified atom stereocenters. The number of pyridine rings is 1. The van der Waals surface area contributed by atoms with Crippen LogP contribution in [-0.2, 0) is 13.2 Å². The van der Waals surface area contributed by atoms with Crippen molar-refractivity contribution in [3.8, 4) is 0 Å². The summed E-state index contributed by atoms with van der Waals surface area (Å²) in [6.45, 7) is 2.88. The van der Waals surface area contributed by atoms with Crippen LogP contribution in [0.1, 0.15) is 25.6 Å². The van der Waals surface area contributed by atoms with Gasteiger partial charge in [0, 0.05) is 11.9 Å². The zero-order chi connectivity index (χ0) is 14.1. The Morgan fingerprint density at radius 3 is 2.80 bits per heavy atom. The minimum atomic E-state index is -0.0942. The van der Waals surface area contributed by atoms with Crippen molar-refractivity contribution < 1.29 is 5.11 Å². The first-order valence-corrected chi connectivity index (χ1v) is 7.18. The van der Waals surface area contributed by atoms with Gasteiger partial charge in [-0.1, -0.05) is 43.1 Å². The van der Waals surface area contributed by atoms with Crippen molar-refractivity contribution in [1.29, 1.82) is 0 Å². The van der Waals surface area contributed by atoms with E-state index in [9.17, 15) is 5.11 Å². The average Bonchev–Trinajstić information content (AvgIpc) is 2.84. The molecule has 0 atom stereocenters. The third kappa shape index (κ3) is 2.05. The van der Waals surface area contributed by atoms with Gasteiger partial charge in [-0.05, 0) is 12.5 Å². The predicted molar refractivity (Wildman–Crippen MR) is 80.9 cm³/mol. The molecule has 0 bridgehead atoms. The monoisotopic (exact) mass is 289 g/mol. The highest BCUT2D eigenvalue weighted by atomic mass is 35.5. The molecule has 2 heterocycles. The Bertz CT molecular complexity index is 766. The normalized spacial score (nSPS) is 11.6. The van der Waals surface area contributed by atoms with E-state index in [0.717, 1.165) is 35.8 Å². The maximum Gasteiger partial charge on any atom is 0.157 e. The summed E-state index contributed by atoms with van der Waals surface area (Å²) < 4.78 is 2.06. The lowest BCUT2D eigenvalue weighted by molar-refractivity contribution is 0.265. The Balaban J connectivity index is 2.38. The summed E-state index contributed by atoms with van der Waals surface area (Å²) in [6, 6.07) is 7.88. The molecule has 0 amide bonds. The van der Waals surface area contributed by atoms with Crippen molar-refractivity contribution in [3.63, 3.8) is 0 Å². The van der Waals surface area contributed by atoms with Crippen LogP contribution >= 0.6 is 11.6 Å². The standard InChI is InChI=1S/C15H16ClN3O/c1-2-3-8-19-12(9-20)18-13-14(19)10-6-4-5-7-11(10)17-15(13)16/h4-7,20H,2-3,8-9H2,1H3. The number of hydrogen-bond acceptors (Lipinski definition) is 3. The second-order valence-electron chi connectivity index (χ2n) is 4.81. The molecule has 3 aromatic rings. The van der Waals surface area contributed by atoms with Gasteiger partial charge in [0.05, 0.1) is 11.0 Å². The van der Waals surface area contributed by atoms with E-state index in [-0.39, 0.29) is 6.61 Å². The summed E-state index contributed by atoms with van der Waals surface area (Å²) >= 11 is 6.24. The number of aryl methyl sites for hydroxylation is 1. The number of rotatable bonds is 4. The maximum atomic E-state index is 9.53. The molecule has 0 fully saturated rings. The first-order chi connectivity index (χ1) is 9.76. The van der Waals surface area contributed by atoms with Gasteiger partial charge in [0.2, 0.25) is 0 Å². The molecule has 3 rings (SSSR count). The van der Waals surface area contributed by atoms with E-state index in [1.165, 1.54) is 0 Å². The number of benzene rings is 1. The summed E-state index contributed by atoms with van der Waals surface area (Å²) in [5.41, 5.74) is 2.50. The van der Waals surface area contributed by atoms with Gasteiger partial charge in [-0.2, -0.15) is 0 Å². The molecule has 4 nitrogen and oxygen atoms in total. The van der Waals surface area contributed by atoms with E-state index in [1.807, 2.05) is 24.3 Å². The molecule has 0 saturated heterocycles. The van der Waals surface area contributed by atoms with Gasteiger partial charge in [0.15, 0.2) is 5.15 Å². The van der Waals surface area contributed by atoms with E-state index >= 15 is 0 Å². The van der Waals surface area contributed by atoms with Crippen molar-refractivity contribution in [3.05, 3.63) is 35.2 Å². The number of aliphatic hydroxyl groups is 1. The smallest absolute Gasteiger partial charge is 0.157 e. The Morgan fingerprint density at radius 2 is 2.05 bits per heavy atom. The van der Waals surface area contributed by atoms with E-state index in [1.54, 1.807) is 0 Å². The second-order valence-corrected chi connectivity index (χ2v) is 5.17. The molecule has 0 radical (unpaired) electrons. The summed E-state index contributed by atoms with van der Waals surface area (Å²) in [5.74, 6) is 0.647. The number of nitrogens with zero attached hydrogens (tertiary/aromatic N) is 3. The van der Waals surface area contributed by atoms with Gasteiger partial charge in [0.1, 0.15) is 17.9 Å².